The molecule has 2 aromatic heterocycles. The van der Waals surface area contributed by atoms with Gasteiger partial charge >= 0.3 is 0 Å². The molecule has 7 nitrogen and oxygen atoms in total. The summed E-state index contributed by atoms with van der Waals surface area (Å²) in [6.07, 6.45) is 3.20. The van der Waals surface area contributed by atoms with Gasteiger partial charge in [-0.25, -0.2) is 0 Å². The van der Waals surface area contributed by atoms with Crippen molar-refractivity contribution >= 4 is 11.6 Å². The predicted molar refractivity (Wildman–Crippen MR) is 106 cm³/mol. The number of aromatic amines is 1. The molecule has 4 rings (SSSR count). The summed E-state index contributed by atoms with van der Waals surface area (Å²) in [5, 5.41) is 13.5. The number of anilines is 1. The second-order valence-electron chi connectivity index (χ2n) is 6.98. The molecule has 3 aromatic rings. The van der Waals surface area contributed by atoms with Crippen LogP contribution in [0.15, 0.2) is 47.0 Å². The molecule has 0 spiro atoms. The van der Waals surface area contributed by atoms with Crippen LogP contribution in [-0.2, 0) is 22.6 Å². The number of hydrogen-bond donors (Lipinski definition) is 3. The summed E-state index contributed by atoms with van der Waals surface area (Å²) in [6, 6.07) is 11.7. The maximum atomic E-state index is 12.2. The highest BCUT2D eigenvalue weighted by molar-refractivity contribution is 5.94. The number of ether oxygens (including phenoxy) is 1. The third-order valence-electron chi connectivity index (χ3n) is 4.77. The first-order valence-corrected chi connectivity index (χ1v) is 9.50. The summed E-state index contributed by atoms with van der Waals surface area (Å²) >= 11 is 0. The molecule has 1 saturated heterocycles. The minimum absolute atomic E-state index is 0.0700. The highest BCUT2D eigenvalue weighted by Crippen LogP contribution is 2.23. The van der Waals surface area contributed by atoms with Crippen molar-refractivity contribution in [1.29, 1.82) is 0 Å². The molecule has 7 heteroatoms. The Labute approximate surface area is 163 Å². The molecule has 1 amide bonds. The number of aryl methyl sites for hydroxylation is 1. The van der Waals surface area contributed by atoms with E-state index in [0.29, 0.717) is 19.7 Å². The van der Waals surface area contributed by atoms with Crippen molar-refractivity contribution in [1.82, 2.24) is 15.5 Å². The van der Waals surface area contributed by atoms with E-state index in [1.165, 1.54) is 0 Å². The minimum Gasteiger partial charge on any atom is -0.460 e. The van der Waals surface area contributed by atoms with Crippen LogP contribution in [0.3, 0.4) is 0 Å². The molecule has 146 valence electrons. The van der Waals surface area contributed by atoms with Crippen molar-refractivity contribution in [2.45, 2.75) is 39.0 Å². The van der Waals surface area contributed by atoms with Crippen LogP contribution >= 0.6 is 0 Å². The zero-order chi connectivity index (χ0) is 19.3. The SMILES string of the molecule is Cc1ccc(-c2[nH]ncc2CNCc2cccc(NC(=O)C3CCCO3)c2)o1. The second kappa shape index (κ2) is 8.41. The molecule has 0 bridgehead atoms. The Balaban J connectivity index is 1.33. The smallest absolute Gasteiger partial charge is 0.253 e. The summed E-state index contributed by atoms with van der Waals surface area (Å²) in [5.41, 5.74) is 3.80. The summed E-state index contributed by atoms with van der Waals surface area (Å²) < 4.78 is 11.1. The topological polar surface area (TPSA) is 92.2 Å². The fraction of sp³-hybridized carbons (Fsp3) is 0.333. The van der Waals surface area contributed by atoms with Gasteiger partial charge in [0.25, 0.3) is 5.91 Å². The van der Waals surface area contributed by atoms with Crippen molar-refractivity contribution in [3.8, 4) is 11.5 Å². The Morgan fingerprint density at radius 2 is 2.21 bits per heavy atom. The lowest BCUT2D eigenvalue weighted by Gasteiger charge is -2.12. The van der Waals surface area contributed by atoms with E-state index < -0.39 is 0 Å². The minimum atomic E-state index is -0.327. The number of nitrogens with zero attached hydrogens (tertiary/aromatic N) is 1. The second-order valence-corrected chi connectivity index (χ2v) is 6.98. The lowest BCUT2D eigenvalue weighted by Crippen LogP contribution is -2.26. The monoisotopic (exact) mass is 380 g/mol. The molecule has 1 atom stereocenters. The van der Waals surface area contributed by atoms with Gasteiger partial charge in [0, 0.05) is 30.9 Å². The number of carbonyl (C=O) groups is 1. The summed E-state index contributed by atoms with van der Waals surface area (Å²) in [6.45, 7) is 3.90. The molecule has 28 heavy (non-hydrogen) atoms. The molecule has 1 unspecified atom stereocenters. The van der Waals surface area contributed by atoms with Gasteiger partial charge in [-0.2, -0.15) is 5.10 Å². The van der Waals surface area contributed by atoms with Crippen molar-refractivity contribution in [3.63, 3.8) is 0 Å². The first-order valence-electron chi connectivity index (χ1n) is 9.50. The van der Waals surface area contributed by atoms with Crippen LogP contribution in [-0.4, -0.2) is 28.8 Å². The van der Waals surface area contributed by atoms with Gasteiger partial charge in [-0.15, -0.1) is 0 Å². The number of H-pyrrole nitrogens is 1. The summed E-state index contributed by atoms with van der Waals surface area (Å²) in [7, 11) is 0. The molecular weight excluding hydrogens is 356 g/mol. The van der Waals surface area contributed by atoms with Crippen LogP contribution in [0.5, 0.6) is 0 Å². The van der Waals surface area contributed by atoms with Crippen LogP contribution in [0.4, 0.5) is 5.69 Å². The third kappa shape index (κ3) is 4.32. The molecular formula is C21H24N4O3. The first kappa shape index (κ1) is 18.5. The van der Waals surface area contributed by atoms with E-state index in [2.05, 4.69) is 20.8 Å². The molecule has 3 heterocycles. The third-order valence-corrected chi connectivity index (χ3v) is 4.77. The van der Waals surface area contributed by atoms with Gasteiger partial charge in [-0.1, -0.05) is 12.1 Å². The standard InChI is InChI=1S/C21H24N4O3/c1-14-7-8-18(28-14)20-16(13-23-25-20)12-22-11-15-4-2-5-17(10-15)24-21(26)19-6-3-9-27-19/h2,4-5,7-8,10,13,19,22H,3,6,9,11-12H2,1H3,(H,23,25)(H,24,26). The normalized spacial score (nSPS) is 16.4. The Morgan fingerprint density at radius 3 is 3.00 bits per heavy atom. The molecule has 0 aliphatic carbocycles. The van der Waals surface area contributed by atoms with Crippen molar-refractivity contribution < 1.29 is 13.9 Å². The molecule has 1 fully saturated rings. The fourth-order valence-corrected chi connectivity index (χ4v) is 3.34. The maximum absolute atomic E-state index is 12.2. The molecule has 1 aliphatic heterocycles. The molecule has 3 N–H and O–H groups in total. The van der Waals surface area contributed by atoms with E-state index in [0.717, 1.165) is 46.9 Å². The van der Waals surface area contributed by atoms with E-state index in [-0.39, 0.29) is 12.0 Å². The van der Waals surface area contributed by atoms with Crippen LogP contribution in [0.25, 0.3) is 11.5 Å². The number of aromatic nitrogens is 2. The van der Waals surface area contributed by atoms with Crippen molar-refractivity contribution in [2.24, 2.45) is 0 Å². The average molecular weight is 380 g/mol. The van der Waals surface area contributed by atoms with Crippen LogP contribution < -0.4 is 10.6 Å². The molecule has 0 saturated carbocycles. The van der Waals surface area contributed by atoms with Gasteiger partial charge in [-0.3, -0.25) is 9.89 Å². The fourth-order valence-electron chi connectivity index (χ4n) is 3.34. The number of benzene rings is 1. The van der Waals surface area contributed by atoms with E-state index in [9.17, 15) is 4.79 Å². The van der Waals surface area contributed by atoms with Crippen molar-refractivity contribution in [3.05, 3.63) is 59.5 Å². The van der Waals surface area contributed by atoms with Gasteiger partial charge in [0.2, 0.25) is 0 Å². The summed E-state index contributed by atoms with van der Waals surface area (Å²) in [5.74, 6) is 1.58. The van der Waals surface area contributed by atoms with E-state index in [1.54, 1.807) is 6.20 Å². The van der Waals surface area contributed by atoms with E-state index in [1.807, 2.05) is 43.3 Å². The van der Waals surface area contributed by atoms with Crippen molar-refractivity contribution in [2.75, 3.05) is 11.9 Å². The van der Waals surface area contributed by atoms with Gasteiger partial charge in [0.15, 0.2) is 5.76 Å². The zero-order valence-electron chi connectivity index (χ0n) is 15.8. The van der Waals surface area contributed by atoms with Gasteiger partial charge in [-0.05, 0) is 49.6 Å². The molecule has 1 aromatic carbocycles. The number of rotatable bonds is 7. The Hall–Kier alpha value is -2.90. The Bertz CT molecular complexity index is 941. The van der Waals surface area contributed by atoms with Gasteiger partial charge in [0.1, 0.15) is 17.6 Å². The Morgan fingerprint density at radius 1 is 1.29 bits per heavy atom. The number of hydrogen-bond acceptors (Lipinski definition) is 5. The summed E-state index contributed by atoms with van der Waals surface area (Å²) in [4.78, 5) is 12.2. The number of nitrogens with one attached hydrogen (secondary N) is 3. The number of amides is 1. The lowest BCUT2D eigenvalue weighted by molar-refractivity contribution is -0.124. The quantitative estimate of drug-likeness (QED) is 0.584. The Kier molecular flexibility index (Phi) is 5.55. The molecule has 1 aliphatic rings. The van der Waals surface area contributed by atoms with E-state index in [4.69, 9.17) is 9.15 Å². The number of furan rings is 1. The highest BCUT2D eigenvalue weighted by atomic mass is 16.5. The predicted octanol–water partition coefficient (Wildman–Crippen LogP) is 3.39. The largest absolute Gasteiger partial charge is 0.460 e. The van der Waals surface area contributed by atoms with Crippen LogP contribution in [0.1, 0.15) is 29.7 Å². The molecule has 0 radical (unpaired) electrons. The van der Waals surface area contributed by atoms with Crippen LogP contribution in [0, 0.1) is 6.92 Å². The number of carbonyl (C=O) groups excluding carboxylic acids is 1. The lowest BCUT2D eigenvalue weighted by atomic mass is 10.1. The zero-order valence-corrected chi connectivity index (χ0v) is 15.8. The maximum Gasteiger partial charge on any atom is 0.253 e. The van der Waals surface area contributed by atoms with Crippen LogP contribution in [0.2, 0.25) is 0 Å². The van der Waals surface area contributed by atoms with Gasteiger partial charge in [0.05, 0.1) is 6.20 Å². The highest BCUT2D eigenvalue weighted by Gasteiger charge is 2.23. The van der Waals surface area contributed by atoms with E-state index >= 15 is 0 Å². The van der Waals surface area contributed by atoms with Gasteiger partial charge < -0.3 is 19.8 Å². The first-order chi connectivity index (χ1) is 13.7. The average Bonchev–Trinajstić information content (AvgIpc) is 3.43.